The lowest BCUT2D eigenvalue weighted by Crippen LogP contribution is -2.35. The molecule has 0 aromatic heterocycles. The minimum Gasteiger partial charge on any atom is -0.383 e. The summed E-state index contributed by atoms with van der Waals surface area (Å²) in [5, 5.41) is 13.5. The molecule has 1 aromatic carbocycles. The number of aliphatic imine (C=N–C) groups is 1. The average molecular weight is 454 g/mol. The summed E-state index contributed by atoms with van der Waals surface area (Å²) >= 11 is 3.38. The Kier molecular flexibility index (Phi) is 9.08. The van der Waals surface area contributed by atoms with E-state index in [9.17, 15) is 5.11 Å². The highest BCUT2D eigenvalue weighted by Gasteiger charge is 2.26. The van der Waals surface area contributed by atoms with E-state index in [4.69, 9.17) is 5.73 Å². The Hall–Kier alpha value is -0.600. The number of nitrogens with two attached hydrogens (primary N) is 1. The lowest BCUT2D eigenvalue weighted by Gasteiger charge is -2.25. The van der Waals surface area contributed by atoms with Crippen molar-refractivity contribution in [3.63, 3.8) is 0 Å². The summed E-state index contributed by atoms with van der Waals surface area (Å²) in [4.78, 5) is 4.18. The highest BCUT2D eigenvalue weighted by molar-refractivity contribution is 14.0. The first-order valence-corrected chi connectivity index (χ1v) is 6.94. The van der Waals surface area contributed by atoms with E-state index >= 15 is 0 Å². The molecule has 0 aliphatic heterocycles. The van der Waals surface area contributed by atoms with Gasteiger partial charge in [0.05, 0.1) is 6.54 Å². The molecule has 4 N–H and O–H groups in total. The van der Waals surface area contributed by atoms with Crippen molar-refractivity contribution in [3.05, 3.63) is 47.0 Å². The van der Waals surface area contributed by atoms with E-state index in [2.05, 4.69) is 32.8 Å². The molecule has 6 heteroatoms. The molecule has 0 aliphatic carbocycles. The summed E-state index contributed by atoms with van der Waals surface area (Å²) in [7, 11) is 0. The zero-order valence-corrected chi connectivity index (χ0v) is 15.4. The van der Waals surface area contributed by atoms with Gasteiger partial charge < -0.3 is 16.2 Å². The summed E-state index contributed by atoms with van der Waals surface area (Å²) < 4.78 is 0.977. The van der Waals surface area contributed by atoms with Gasteiger partial charge in [-0.1, -0.05) is 41.1 Å². The summed E-state index contributed by atoms with van der Waals surface area (Å²) in [6.45, 7) is 6.29. The topological polar surface area (TPSA) is 70.6 Å². The van der Waals surface area contributed by atoms with Crippen LogP contribution >= 0.6 is 39.9 Å². The smallest absolute Gasteiger partial charge is 0.188 e. The van der Waals surface area contributed by atoms with Crippen LogP contribution in [0.1, 0.15) is 18.9 Å². The summed E-state index contributed by atoms with van der Waals surface area (Å²) in [5.74, 6) is 0.309. The van der Waals surface area contributed by atoms with Gasteiger partial charge in [-0.15, -0.1) is 30.6 Å². The number of nitrogens with zero attached hydrogens (tertiary/aromatic N) is 1. The second-order valence-electron chi connectivity index (χ2n) is 4.26. The molecule has 112 valence electrons. The van der Waals surface area contributed by atoms with Crippen LogP contribution in [-0.2, 0) is 5.60 Å². The Balaban J connectivity index is 0.00000361. The largest absolute Gasteiger partial charge is 0.383 e. The van der Waals surface area contributed by atoms with Crippen molar-refractivity contribution < 1.29 is 5.11 Å². The van der Waals surface area contributed by atoms with Gasteiger partial charge in [0.25, 0.3) is 0 Å². The van der Waals surface area contributed by atoms with Crippen LogP contribution in [0, 0.1) is 0 Å². The molecule has 0 bridgehead atoms. The van der Waals surface area contributed by atoms with Crippen molar-refractivity contribution in [2.24, 2.45) is 10.7 Å². The molecule has 0 heterocycles. The van der Waals surface area contributed by atoms with Gasteiger partial charge in [0.1, 0.15) is 5.60 Å². The normalized spacial score (nSPS) is 14.1. The van der Waals surface area contributed by atoms with Crippen molar-refractivity contribution >= 4 is 45.9 Å². The molecule has 0 radical (unpaired) electrons. The third kappa shape index (κ3) is 5.80. The molecule has 0 aliphatic rings. The van der Waals surface area contributed by atoms with Gasteiger partial charge in [-0.3, -0.25) is 4.99 Å². The van der Waals surface area contributed by atoms with E-state index in [0.29, 0.717) is 18.9 Å². The Morgan fingerprint density at radius 1 is 1.50 bits per heavy atom. The molecule has 0 fully saturated rings. The number of nitrogens with one attached hydrogen (secondary N) is 1. The third-order valence-corrected chi connectivity index (χ3v) is 3.43. The number of rotatable bonds is 6. The fourth-order valence-electron chi connectivity index (χ4n) is 1.62. The number of halogens is 2. The van der Waals surface area contributed by atoms with Crippen LogP contribution in [0.25, 0.3) is 0 Å². The molecule has 1 unspecified atom stereocenters. The van der Waals surface area contributed by atoms with E-state index in [0.717, 1.165) is 10.0 Å². The van der Waals surface area contributed by atoms with E-state index in [-0.39, 0.29) is 30.5 Å². The van der Waals surface area contributed by atoms with Crippen molar-refractivity contribution in [2.45, 2.75) is 18.9 Å². The number of aliphatic hydroxyl groups is 1. The van der Waals surface area contributed by atoms with Crippen molar-refractivity contribution in [1.29, 1.82) is 0 Å². The zero-order chi connectivity index (χ0) is 14.3. The number of benzene rings is 1. The van der Waals surface area contributed by atoms with Crippen LogP contribution in [-0.4, -0.2) is 24.2 Å². The second-order valence-corrected chi connectivity index (χ2v) is 5.18. The molecule has 0 saturated carbocycles. The Morgan fingerprint density at radius 2 is 2.10 bits per heavy atom. The first kappa shape index (κ1) is 19.4. The highest BCUT2D eigenvalue weighted by Crippen LogP contribution is 2.26. The van der Waals surface area contributed by atoms with Crippen LogP contribution < -0.4 is 11.1 Å². The molecule has 1 atom stereocenters. The number of hydrogen-bond acceptors (Lipinski definition) is 2. The number of hydrogen-bond donors (Lipinski definition) is 3. The Labute approximate surface area is 145 Å². The molecule has 0 amide bonds. The van der Waals surface area contributed by atoms with E-state index in [1.165, 1.54) is 0 Å². The van der Waals surface area contributed by atoms with E-state index in [1.807, 2.05) is 31.2 Å². The summed E-state index contributed by atoms with van der Waals surface area (Å²) in [6, 6.07) is 7.57. The monoisotopic (exact) mass is 453 g/mol. The zero-order valence-electron chi connectivity index (χ0n) is 11.5. The van der Waals surface area contributed by atoms with Gasteiger partial charge in [0, 0.05) is 11.0 Å². The molecular weight excluding hydrogens is 433 g/mol. The minimum atomic E-state index is -0.999. The van der Waals surface area contributed by atoms with Crippen LogP contribution in [0.3, 0.4) is 0 Å². The van der Waals surface area contributed by atoms with Gasteiger partial charge in [-0.2, -0.15) is 0 Å². The molecule has 1 aromatic rings. The van der Waals surface area contributed by atoms with Crippen molar-refractivity contribution in [2.75, 3.05) is 13.1 Å². The first-order chi connectivity index (χ1) is 9.01. The summed E-state index contributed by atoms with van der Waals surface area (Å²) in [5.41, 5.74) is 5.53. The van der Waals surface area contributed by atoms with E-state index in [1.54, 1.807) is 6.08 Å². The maximum atomic E-state index is 10.6. The fraction of sp³-hybridized carbons (Fsp3) is 0.357. The SMILES string of the molecule is C=CCNC(N)=NCC(O)(CC)c1ccc(Br)cc1.I. The van der Waals surface area contributed by atoms with Gasteiger partial charge in [-0.25, -0.2) is 0 Å². The Bertz CT molecular complexity index is 450. The second kappa shape index (κ2) is 9.36. The molecule has 0 saturated heterocycles. The highest BCUT2D eigenvalue weighted by atomic mass is 127. The van der Waals surface area contributed by atoms with Crippen LogP contribution in [0.5, 0.6) is 0 Å². The quantitative estimate of drug-likeness (QED) is 0.268. The van der Waals surface area contributed by atoms with Gasteiger partial charge in [-0.05, 0) is 24.1 Å². The molecule has 1 rings (SSSR count). The lowest BCUT2D eigenvalue weighted by molar-refractivity contribution is 0.0423. The predicted molar refractivity (Wildman–Crippen MR) is 98.4 cm³/mol. The third-order valence-electron chi connectivity index (χ3n) is 2.90. The molecule has 4 nitrogen and oxygen atoms in total. The van der Waals surface area contributed by atoms with E-state index < -0.39 is 5.60 Å². The van der Waals surface area contributed by atoms with Gasteiger partial charge in [0.15, 0.2) is 5.96 Å². The van der Waals surface area contributed by atoms with Crippen molar-refractivity contribution in [3.8, 4) is 0 Å². The Morgan fingerprint density at radius 3 is 2.60 bits per heavy atom. The van der Waals surface area contributed by atoms with Crippen LogP contribution in [0.4, 0.5) is 0 Å². The van der Waals surface area contributed by atoms with Crippen molar-refractivity contribution in [1.82, 2.24) is 5.32 Å². The maximum absolute atomic E-state index is 10.6. The lowest BCUT2D eigenvalue weighted by atomic mass is 9.91. The molecular formula is C14H21BrIN3O. The fourth-order valence-corrected chi connectivity index (χ4v) is 1.88. The first-order valence-electron chi connectivity index (χ1n) is 6.15. The minimum absolute atomic E-state index is 0. The number of guanidine groups is 1. The molecule has 20 heavy (non-hydrogen) atoms. The van der Waals surface area contributed by atoms with Crippen LogP contribution in [0.15, 0.2) is 46.4 Å². The molecule has 0 spiro atoms. The summed E-state index contributed by atoms with van der Waals surface area (Å²) in [6.07, 6.45) is 2.26. The van der Waals surface area contributed by atoms with Gasteiger partial charge in [0.2, 0.25) is 0 Å². The average Bonchev–Trinajstić information content (AvgIpc) is 2.43. The standard InChI is InChI=1S/C14H20BrN3O.HI/c1-3-9-17-13(16)18-10-14(19,4-2)11-5-7-12(15)8-6-11;/h3,5-8,19H,1,4,9-10H2,2H3,(H3,16,17,18);1H. The maximum Gasteiger partial charge on any atom is 0.188 e. The van der Waals surface area contributed by atoms with Crippen LogP contribution in [0.2, 0.25) is 0 Å². The predicted octanol–water partition coefficient (Wildman–Crippen LogP) is 2.76. The van der Waals surface area contributed by atoms with Gasteiger partial charge >= 0.3 is 0 Å².